The number of hydrogen-bond donors (Lipinski definition) is 0. The Bertz CT molecular complexity index is 656. The Kier molecular flexibility index (Phi) is 3.86. The third kappa shape index (κ3) is 2.76. The minimum absolute atomic E-state index is 0.326. The highest BCUT2D eigenvalue weighted by Crippen LogP contribution is 2.29. The lowest BCUT2D eigenvalue weighted by Gasteiger charge is -2.14. The van der Waals surface area contributed by atoms with Crippen molar-refractivity contribution in [2.75, 3.05) is 0 Å². The van der Waals surface area contributed by atoms with Gasteiger partial charge in [0.1, 0.15) is 5.25 Å². The van der Waals surface area contributed by atoms with Gasteiger partial charge in [0.15, 0.2) is 9.84 Å². The molecule has 0 fully saturated rings. The summed E-state index contributed by atoms with van der Waals surface area (Å²) in [5.74, 6) is 0. The first-order valence-electron chi connectivity index (χ1n) is 6.04. The van der Waals surface area contributed by atoms with Crippen molar-refractivity contribution in [2.45, 2.75) is 17.1 Å². The zero-order valence-corrected chi connectivity index (χ0v) is 11.6. The molecule has 0 saturated carbocycles. The fraction of sp³-hybridized carbons (Fsp3) is 0.125. The lowest BCUT2D eigenvalue weighted by Crippen LogP contribution is -2.11. The Balaban J connectivity index is 2.48. The van der Waals surface area contributed by atoms with Crippen LogP contribution in [-0.2, 0) is 9.84 Å². The van der Waals surface area contributed by atoms with Gasteiger partial charge < -0.3 is 0 Å². The molecule has 2 rings (SSSR count). The summed E-state index contributed by atoms with van der Waals surface area (Å²) < 4.78 is 25.2. The van der Waals surface area contributed by atoms with E-state index in [9.17, 15) is 8.42 Å². The average molecular weight is 272 g/mol. The molecule has 2 nitrogen and oxygen atoms in total. The molecule has 0 amide bonds. The summed E-state index contributed by atoms with van der Waals surface area (Å²) in [7, 11) is -3.44. The second-order valence-electron chi connectivity index (χ2n) is 4.43. The Morgan fingerprint density at radius 2 is 1.58 bits per heavy atom. The van der Waals surface area contributed by atoms with Gasteiger partial charge in [-0.3, -0.25) is 0 Å². The number of benzene rings is 2. The lowest BCUT2D eigenvalue weighted by molar-refractivity contribution is 0.590. The molecule has 1 atom stereocenters. The van der Waals surface area contributed by atoms with Crippen molar-refractivity contribution < 1.29 is 8.42 Å². The minimum Gasteiger partial charge on any atom is -0.223 e. The molecule has 98 valence electrons. The lowest BCUT2D eigenvalue weighted by atomic mass is 10.1. The van der Waals surface area contributed by atoms with Crippen LogP contribution in [0, 0.1) is 6.92 Å². The summed E-state index contributed by atoms with van der Waals surface area (Å²) in [6.45, 7) is 5.60. The Morgan fingerprint density at radius 1 is 1.00 bits per heavy atom. The van der Waals surface area contributed by atoms with E-state index in [-0.39, 0.29) is 0 Å². The molecule has 0 bridgehead atoms. The van der Waals surface area contributed by atoms with E-state index in [4.69, 9.17) is 0 Å². The third-order valence-electron chi connectivity index (χ3n) is 3.03. The molecule has 0 aromatic heterocycles. The molecule has 0 N–H and O–H groups in total. The number of sulfone groups is 1. The number of rotatable bonds is 4. The first kappa shape index (κ1) is 13.6. The maximum Gasteiger partial charge on any atom is 0.188 e. The molecule has 0 aliphatic rings. The van der Waals surface area contributed by atoms with Crippen LogP contribution in [0.25, 0.3) is 0 Å². The quantitative estimate of drug-likeness (QED) is 0.795. The van der Waals surface area contributed by atoms with Crippen LogP contribution in [0.2, 0.25) is 0 Å². The highest BCUT2D eigenvalue weighted by Gasteiger charge is 2.26. The molecule has 0 saturated heterocycles. The normalized spacial score (nSPS) is 12.9. The van der Waals surface area contributed by atoms with Crippen molar-refractivity contribution in [3.63, 3.8) is 0 Å². The Hall–Kier alpha value is -1.87. The van der Waals surface area contributed by atoms with Gasteiger partial charge in [0.25, 0.3) is 0 Å². The zero-order chi connectivity index (χ0) is 13.9. The molecule has 0 heterocycles. The monoisotopic (exact) mass is 272 g/mol. The van der Waals surface area contributed by atoms with E-state index in [0.29, 0.717) is 4.90 Å². The van der Waals surface area contributed by atoms with Crippen LogP contribution in [0.1, 0.15) is 16.4 Å². The fourth-order valence-electron chi connectivity index (χ4n) is 1.96. The van der Waals surface area contributed by atoms with E-state index in [1.807, 2.05) is 25.1 Å². The maximum absolute atomic E-state index is 12.6. The smallest absolute Gasteiger partial charge is 0.188 e. The van der Waals surface area contributed by atoms with Crippen LogP contribution in [0.4, 0.5) is 0 Å². The van der Waals surface area contributed by atoms with Gasteiger partial charge in [-0.05, 0) is 24.6 Å². The number of aryl methyl sites for hydroxylation is 1. The maximum atomic E-state index is 12.6. The van der Waals surface area contributed by atoms with Crippen LogP contribution in [-0.4, -0.2) is 8.42 Å². The molecule has 2 aromatic rings. The fourth-order valence-corrected chi connectivity index (χ4v) is 3.54. The highest BCUT2D eigenvalue weighted by molar-refractivity contribution is 7.91. The summed E-state index contributed by atoms with van der Waals surface area (Å²) in [5.41, 5.74) is 1.77. The van der Waals surface area contributed by atoms with Crippen LogP contribution < -0.4 is 0 Å². The Labute approximate surface area is 114 Å². The van der Waals surface area contributed by atoms with Gasteiger partial charge in [0, 0.05) is 0 Å². The van der Waals surface area contributed by atoms with Gasteiger partial charge in [0.05, 0.1) is 4.90 Å². The van der Waals surface area contributed by atoms with E-state index >= 15 is 0 Å². The van der Waals surface area contributed by atoms with Crippen molar-refractivity contribution in [3.05, 3.63) is 78.4 Å². The van der Waals surface area contributed by atoms with E-state index in [2.05, 4.69) is 6.58 Å². The molecule has 0 radical (unpaired) electrons. The van der Waals surface area contributed by atoms with Gasteiger partial charge in [-0.2, -0.15) is 0 Å². The van der Waals surface area contributed by atoms with Gasteiger partial charge in [-0.25, -0.2) is 8.42 Å². The molecular weight excluding hydrogens is 256 g/mol. The van der Waals surface area contributed by atoms with Gasteiger partial charge >= 0.3 is 0 Å². The van der Waals surface area contributed by atoms with Crippen LogP contribution in [0.15, 0.2) is 72.1 Å². The summed E-state index contributed by atoms with van der Waals surface area (Å²) in [4.78, 5) is 0.326. The van der Waals surface area contributed by atoms with Gasteiger partial charge in [-0.15, -0.1) is 6.58 Å². The zero-order valence-electron chi connectivity index (χ0n) is 10.8. The van der Waals surface area contributed by atoms with Crippen molar-refractivity contribution >= 4 is 9.84 Å². The van der Waals surface area contributed by atoms with Crippen molar-refractivity contribution in [1.29, 1.82) is 0 Å². The summed E-state index contributed by atoms with van der Waals surface area (Å²) >= 11 is 0. The Morgan fingerprint density at radius 3 is 2.11 bits per heavy atom. The standard InChI is InChI=1S/C16H16O2S/c1-3-16(14-7-5-4-6-8-14)19(17,18)15-11-9-13(2)10-12-15/h3-12,16H,1H2,2H3. The molecule has 1 unspecified atom stereocenters. The summed E-state index contributed by atoms with van der Waals surface area (Å²) in [6, 6.07) is 16.0. The molecule has 0 spiro atoms. The molecule has 0 aliphatic heterocycles. The highest BCUT2D eigenvalue weighted by atomic mass is 32.2. The van der Waals surface area contributed by atoms with Crippen LogP contribution in [0.5, 0.6) is 0 Å². The SMILES string of the molecule is C=CC(c1ccccc1)S(=O)(=O)c1ccc(C)cc1. The van der Waals surface area contributed by atoms with Crippen LogP contribution in [0.3, 0.4) is 0 Å². The van der Waals surface area contributed by atoms with Crippen LogP contribution >= 0.6 is 0 Å². The van der Waals surface area contributed by atoms with E-state index in [1.165, 1.54) is 6.08 Å². The average Bonchev–Trinajstić information content (AvgIpc) is 2.41. The molecule has 3 heteroatoms. The first-order valence-corrected chi connectivity index (χ1v) is 7.58. The van der Waals surface area contributed by atoms with Crippen molar-refractivity contribution in [3.8, 4) is 0 Å². The second kappa shape index (κ2) is 5.41. The minimum atomic E-state index is -3.44. The molecule has 0 aliphatic carbocycles. The first-order chi connectivity index (χ1) is 9.05. The molecule has 2 aromatic carbocycles. The number of hydrogen-bond acceptors (Lipinski definition) is 2. The topological polar surface area (TPSA) is 34.1 Å². The van der Waals surface area contributed by atoms with Gasteiger partial charge in [0.2, 0.25) is 0 Å². The van der Waals surface area contributed by atoms with E-state index < -0.39 is 15.1 Å². The van der Waals surface area contributed by atoms with Crippen molar-refractivity contribution in [2.24, 2.45) is 0 Å². The summed E-state index contributed by atoms with van der Waals surface area (Å²) in [5, 5.41) is -0.712. The predicted molar refractivity (Wildman–Crippen MR) is 77.7 cm³/mol. The van der Waals surface area contributed by atoms with Crippen molar-refractivity contribution in [1.82, 2.24) is 0 Å². The van der Waals surface area contributed by atoms with E-state index in [0.717, 1.165) is 11.1 Å². The molecule has 19 heavy (non-hydrogen) atoms. The predicted octanol–water partition coefficient (Wildman–Crippen LogP) is 3.70. The van der Waals surface area contributed by atoms with E-state index in [1.54, 1.807) is 36.4 Å². The molecular formula is C16H16O2S. The largest absolute Gasteiger partial charge is 0.223 e. The second-order valence-corrected chi connectivity index (χ2v) is 6.49. The van der Waals surface area contributed by atoms with Gasteiger partial charge in [-0.1, -0.05) is 54.1 Å². The summed E-state index contributed by atoms with van der Waals surface area (Å²) in [6.07, 6.45) is 1.48. The third-order valence-corrected chi connectivity index (χ3v) is 5.09.